The van der Waals surface area contributed by atoms with Crippen LogP contribution in [0.5, 0.6) is 5.75 Å². The Morgan fingerprint density at radius 2 is 1.62 bits per heavy atom. The molecule has 0 unspecified atom stereocenters. The van der Waals surface area contributed by atoms with Crippen molar-refractivity contribution >= 4 is 17.5 Å². The van der Waals surface area contributed by atoms with Crippen LogP contribution in [0.1, 0.15) is 32.1 Å². The van der Waals surface area contributed by atoms with Crippen LogP contribution in [-0.2, 0) is 9.59 Å². The number of nitrogens with zero attached hydrogens (tertiary/aromatic N) is 3. The standard InChI is InChI=1S/C20H29N3O3/c1-26-18-9-7-17(8-10-18)23-14-13-22(16-20(23)25)19(24)15-21-11-5-3-2-4-6-12-21/h7-10H,2-6,11-16H2,1H3. The number of rotatable bonds is 4. The lowest BCUT2D eigenvalue weighted by molar-refractivity contribution is -0.137. The predicted molar refractivity (Wildman–Crippen MR) is 101 cm³/mol. The van der Waals surface area contributed by atoms with E-state index in [1.165, 1.54) is 19.3 Å². The summed E-state index contributed by atoms with van der Waals surface area (Å²) < 4.78 is 5.16. The minimum absolute atomic E-state index is 0.0255. The maximum absolute atomic E-state index is 12.6. The Balaban J connectivity index is 1.53. The summed E-state index contributed by atoms with van der Waals surface area (Å²) in [7, 11) is 1.62. The highest BCUT2D eigenvalue weighted by Crippen LogP contribution is 2.21. The molecule has 0 radical (unpaired) electrons. The minimum atomic E-state index is -0.0255. The van der Waals surface area contributed by atoms with E-state index in [-0.39, 0.29) is 18.4 Å². The summed E-state index contributed by atoms with van der Waals surface area (Å²) in [6.07, 6.45) is 6.14. The number of ether oxygens (including phenoxy) is 1. The summed E-state index contributed by atoms with van der Waals surface area (Å²) in [6.45, 7) is 3.72. The summed E-state index contributed by atoms with van der Waals surface area (Å²) >= 11 is 0. The predicted octanol–water partition coefficient (Wildman–Crippen LogP) is 2.14. The average Bonchev–Trinajstić information content (AvgIpc) is 2.64. The Bertz CT molecular complexity index is 609. The molecule has 0 atom stereocenters. The molecule has 6 nitrogen and oxygen atoms in total. The molecule has 26 heavy (non-hydrogen) atoms. The van der Waals surface area contributed by atoms with Gasteiger partial charge in [-0.25, -0.2) is 0 Å². The molecule has 2 saturated heterocycles. The van der Waals surface area contributed by atoms with Gasteiger partial charge in [-0.15, -0.1) is 0 Å². The van der Waals surface area contributed by atoms with Crippen molar-refractivity contribution in [2.75, 3.05) is 51.3 Å². The molecular formula is C20H29N3O3. The van der Waals surface area contributed by atoms with Crippen molar-refractivity contribution < 1.29 is 14.3 Å². The van der Waals surface area contributed by atoms with E-state index in [0.29, 0.717) is 19.6 Å². The molecule has 0 spiro atoms. The van der Waals surface area contributed by atoms with Crippen LogP contribution in [0, 0.1) is 0 Å². The monoisotopic (exact) mass is 359 g/mol. The largest absolute Gasteiger partial charge is 0.497 e. The number of hydrogen-bond donors (Lipinski definition) is 0. The highest BCUT2D eigenvalue weighted by molar-refractivity contribution is 5.98. The van der Waals surface area contributed by atoms with Crippen molar-refractivity contribution in [3.63, 3.8) is 0 Å². The molecule has 3 rings (SSSR count). The number of methoxy groups -OCH3 is 1. The van der Waals surface area contributed by atoms with Gasteiger partial charge in [-0.05, 0) is 50.2 Å². The number of hydrogen-bond acceptors (Lipinski definition) is 4. The number of anilines is 1. The lowest BCUT2D eigenvalue weighted by Crippen LogP contribution is -2.54. The van der Waals surface area contributed by atoms with Gasteiger partial charge in [0, 0.05) is 18.8 Å². The lowest BCUT2D eigenvalue weighted by atomic mass is 10.1. The van der Waals surface area contributed by atoms with Crippen LogP contribution in [0.3, 0.4) is 0 Å². The molecular weight excluding hydrogens is 330 g/mol. The molecule has 1 aromatic carbocycles. The second kappa shape index (κ2) is 9.03. The first-order valence-corrected chi connectivity index (χ1v) is 9.62. The highest BCUT2D eigenvalue weighted by atomic mass is 16.5. The van der Waals surface area contributed by atoms with Crippen molar-refractivity contribution in [3.8, 4) is 5.75 Å². The van der Waals surface area contributed by atoms with Crippen LogP contribution in [0.2, 0.25) is 0 Å². The Kier molecular flexibility index (Phi) is 6.50. The fourth-order valence-electron chi connectivity index (χ4n) is 3.68. The van der Waals surface area contributed by atoms with E-state index in [1.54, 1.807) is 16.9 Å². The van der Waals surface area contributed by atoms with Gasteiger partial charge < -0.3 is 14.5 Å². The summed E-state index contributed by atoms with van der Waals surface area (Å²) in [4.78, 5) is 30.9. The molecule has 2 aliphatic heterocycles. The zero-order chi connectivity index (χ0) is 18.4. The van der Waals surface area contributed by atoms with Crippen molar-refractivity contribution in [3.05, 3.63) is 24.3 Å². The van der Waals surface area contributed by atoms with Gasteiger partial charge in [0.2, 0.25) is 11.8 Å². The third-order valence-electron chi connectivity index (χ3n) is 5.27. The summed E-state index contributed by atoms with van der Waals surface area (Å²) in [5.74, 6) is 0.819. The fraction of sp³-hybridized carbons (Fsp3) is 0.600. The minimum Gasteiger partial charge on any atom is -0.497 e. The number of likely N-dealkylation sites (tertiary alicyclic amines) is 1. The van der Waals surface area contributed by atoms with Gasteiger partial charge in [0.25, 0.3) is 0 Å². The molecule has 6 heteroatoms. The Morgan fingerprint density at radius 3 is 2.23 bits per heavy atom. The zero-order valence-corrected chi connectivity index (χ0v) is 15.7. The molecule has 2 fully saturated rings. The van der Waals surface area contributed by atoms with Crippen molar-refractivity contribution in [2.45, 2.75) is 32.1 Å². The Morgan fingerprint density at radius 1 is 0.962 bits per heavy atom. The zero-order valence-electron chi connectivity index (χ0n) is 15.7. The quantitative estimate of drug-likeness (QED) is 0.826. The molecule has 2 heterocycles. The van der Waals surface area contributed by atoms with Gasteiger partial charge in [-0.3, -0.25) is 14.5 Å². The molecule has 0 bridgehead atoms. The Hall–Kier alpha value is -2.08. The first-order chi connectivity index (χ1) is 12.7. The second-order valence-corrected chi connectivity index (χ2v) is 7.10. The maximum Gasteiger partial charge on any atom is 0.246 e. The van der Waals surface area contributed by atoms with E-state index in [2.05, 4.69) is 4.90 Å². The molecule has 0 aliphatic carbocycles. The smallest absolute Gasteiger partial charge is 0.246 e. The molecule has 142 valence electrons. The third-order valence-corrected chi connectivity index (χ3v) is 5.27. The fourth-order valence-corrected chi connectivity index (χ4v) is 3.68. The van der Waals surface area contributed by atoms with Crippen LogP contribution in [0.25, 0.3) is 0 Å². The van der Waals surface area contributed by atoms with Crippen LogP contribution >= 0.6 is 0 Å². The van der Waals surface area contributed by atoms with Crippen molar-refractivity contribution in [1.29, 1.82) is 0 Å². The van der Waals surface area contributed by atoms with E-state index in [4.69, 9.17) is 4.74 Å². The Labute approximate surface area is 155 Å². The van der Waals surface area contributed by atoms with E-state index in [0.717, 1.165) is 37.4 Å². The first kappa shape index (κ1) is 18.7. The number of piperazine rings is 1. The van der Waals surface area contributed by atoms with Gasteiger partial charge >= 0.3 is 0 Å². The molecule has 1 aromatic rings. The van der Waals surface area contributed by atoms with Crippen LogP contribution in [-0.4, -0.2) is 68.0 Å². The van der Waals surface area contributed by atoms with Crippen molar-refractivity contribution in [1.82, 2.24) is 9.80 Å². The van der Waals surface area contributed by atoms with Crippen LogP contribution in [0.15, 0.2) is 24.3 Å². The highest BCUT2D eigenvalue weighted by Gasteiger charge is 2.28. The molecule has 0 aromatic heterocycles. The molecule has 0 saturated carbocycles. The van der Waals surface area contributed by atoms with E-state index < -0.39 is 0 Å². The second-order valence-electron chi connectivity index (χ2n) is 7.10. The van der Waals surface area contributed by atoms with Gasteiger partial charge in [0.15, 0.2) is 0 Å². The van der Waals surface area contributed by atoms with Gasteiger partial charge in [0.1, 0.15) is 12.3 Å². The molecule has 0 N–H and O–H groups in total. The summed E-state index contributed by atoms with van der Waals surface area (Å²) in [5, 5.41) is 0. The third kappa shape index (κ3) is 4.75. The van der Waals surface area contributed by atoms with Crippen LogP contribution < -0.4 is 9.64 Å². The van der Waals surface area contributed by atoms with Gasteiger partial charge in [-0.1, -0.05) is 19.3 Å². The molecule has 2 amide bonds. The van der Waals surface area contributed by atoms with E-state index in [1.807, 2.05) is 24.3 Å². The summed E-state index contributed by atoms with van der Waals surface area (Å²) in [5.41, 5.74) is 0.853. The normalized spacial score (nSPS) is 19.8. The number of carbonyl (C=O) groups is 2. The van der Waals surface area contributed by atoms with Crippen molar-refractivity contribution in [2.24, 2.45) is 0 Å². The number of amides is 2. The molecule has 2 aliphatic rings. The van der Waals surface area contributed by atoms with E-state index in [9.17, 15) is 9.59 Å². The van der Waals surface area contributed by atoms with Crippen LogP contribution in [0.4, 0.5) is 5.69 Å². The average molecular weight is 359 g/mol. The maximum atomic E-state index is 12.6. The van der Waals surface area contributed by atoms with E-state index >= 15 is 0 Å². The lowest BCUT2D eigenvalue weighted by Gasteiger charge is -2.35. The summed E-state index contributed by atoms with van der Waals surface area (Å²) in [6, 6.07) is 7.47. The number of carbonyl (C=O) groups excluding carboxylic acids is 2. The van der Waals surface area contributed by atoms with Gasteiger partial charge in [-0.2, -0.15) is 0 Å². The SMILES string of the molecule is COc1ccc(N2CCN(C(=O)CN3CCCCCCC3)CC2=O)cc1. The van der Waals surface area contributed by atoms with Gasteiger partial charge in [0.05, 0.1) is 13.7 Å². The first-order valence-electron chi connectivity index (χ1n) is 9.62. The number of benzene rings is 1. The topological polar surface area (TPSA) is 53.1 Å².